The number of allylic oxidation sites excluding steroid dienone is 1. The van der Waals surface area contributed by atoms with Crippen molar-refractivity contribution in [1.82, 2.24) is 19.8 Å². The van der Waals surface area contributed by atoms with E-state index in [1.165, 1.54) is 18.3 Å². The number of carbonyl (C=O) groups excluding carboxylic acids is 2. The Bertz CT molecular complexity index is 1090. The zero-order valence-corrected chi connectivity index (χ0v) is 19.0. The second kappa shape index (κ2) is 8.90. The summed E-state index contributed by atoms with van der Waals surface area (Å²) >= 11 is 0. The molecule has 0 bridgehead atoms. The van der Waals surface area contributed by atoms with Crippen molar-refractivity contribution >= 4 is 23.6 Å². The molecular formula is C24H29FN5O3+. The number of rotatable bonds is 5. The van der Waals surface area contributed by atoms with Crippen LogP contribution < -0.4 is 5.41 Å². The summed E-state index contributed by atoms with van der Waals surface area (Å²) in [5.41, 5.74) is 1.45. The number of H-pyrrole nitrogens is 1. The minimum atomic E-state index is -0.461. The zero-order chi connectivity index (χ0) is 23.8. The lowest BCUT2D eigenvalue weighted by atomic mass is 9.89. The van der Waals surface area contributed by atoms with Crippen molar-refractivity contribution in [3.05, 3.63) is 59.4 Å². The Morgan fingerprint density at radius 3 is 2.73 bits per heavy atom. The molecule has 0 radical (unpaired) electrons. The lowest BCUT2D eigenvalue weighted by Gasteiger charge is -2.35. The van der Waals surface area contributed by atoms with Gasteiger partial charge in [0, 0.05) is 24.7 Å². The Hall–Kier alpha value is -3.33. The Morgan fingerprint density at radius 2 is 2.03 bits per heavy atom. The van der Waals surface area contributed by atoms with E-state index in [9.17, 15) is 14.0 Å². The van der Waals surface area contributed by atoms with Crippen LogP contribution in [0, 0.1) is 11.2 Å². The molecule has 3 N–H and O–H groups in total. The average Bonchev–Trinajstić information content (AvgIpc) is 3.35. The normalized spacial score (nSPS) is 21.0. The van der Waals surface area contributed by atoms with Gasteiger partial charge in [0.15, 0.2) is 6.23 Å². The van der Waals surface area contributed by atoms with E-state index < -0.39 is 12.3 Å². The molecule has 1 aromatic carbocycles. The molecule has 0 unspecified atom stereocenters. The SMILES string of the molecule is CC(C)(C)C[C@H]1O[C@H]2CN(C(=O)c3cnc(/C=C\C(=[NH2+])c4ccc(F)cc4)[nH]3)CCN2C1=O. The molecule has 1 aromatic heterocycles. The third-order valence-electron chi connectivity index (χ3n) is 5.72. The monoisotopic (exact) mass is 454 g/mol. The van der Waals surface area contributed by atoms with Crippen molar-refractivity contribution in [3.8, 4) is 0 Å². The summed E-state index contributed by atoms with van der Waals surface area (Å²) in [6.07, 6.45) is 4.54. The number of nitrogens with two attached hydrogens (primary N) is 1. The number of halogens is 1. The smallest absolute Gasteiger partial charge is 0.272 e. The van der Waals surface area contributed by atoms with Crippen LogP contribution in [0.2, 0.25) is 0 Å². The number of hydrogen-bond acceptors (Lipinski definition) is 4. The molecular weight excluding hydrogens is 425 g/mol. The van der Waals surface area contributed by atoms with E-state index in [0.29, 0.717) is 48.8 Å². The second-order valence-corrected chi connectivity index (χ2v) is 9.60. The van der Waals surface area contributed by atoms with Gasteiger partial charge in [0.1, 0.15) is 23.4 Å². The Morgan fingerprint density at radius 1 is 1.30 bits per heavy atom. The number of hydrogen-bond donors (Lipinski definition) is 2. The molecule has 0 aliphatic carbocycles. The molecule has 8 nitrogen and oxygen atoms in total. The van der Waals surface area contributed by atoms with Crippen LogP contribution in [0.5, 0.6) is 0 Å². The highest BCUT2D eigenvalue weighted by Crippen LogP contribution is 2.30. The Balaban J connectivity index is 1.37. The number of imidazole rings is 1. The van der Waals surface area contributed by atoms with Gasteiger partial charge in [-0.25, -0.2) is 9.37 Å². The van der Waals surface area contributed by atoms with E-state index in [1.807, 2.05) is 0 Å². The van der Waals surface area contributed by atoms with Crippen LogP contribution in [0.4, 0.5) is 4.39 Å². The number of ether oxygens (including phenoxy) is 1. The first kappa shape index (κ1) is 22.8. The summed E-state index contributed by atoms with van der Waals surface area (Å²) in [5.74, 6) is -0.0548. The fourth-order valence-corrected chi connectivity index (χ4v) is 4.04. The predicted molar refractivity (Wildman–Crippen MR) is 120 cm³/mol. The predicted octanol–water partition coefficient (Wildman–Crippen LogP) is 1.26. The van der Waals surface area contributed by atoms with E-state index in [-0.39, 0.29) is 23.0 Å². The van der Waals surface area contributed by atoms with Gasteiger partial charge in [0.2, 0.25) is 5.71 Å². The number of amides is 2. The lowest BCUT2D eigenvalue weighted by Crippen LogP contribution is -2.53. The van der Waals surface area contributed by atoms with Gasteiger partial charge in [-0.2, -0.15) is 0 Å². The standard InChI is InChI=1S/C24H28FN5O3/c1-24(2,3)12-19-23(32)30-11-10-29(14-21(30)33-19)22(31)18-13-27-20(28-18)9-8-17(26)15-4-6-16(25)7-5-15/h4-9,13,19,21,26H,10-12,14H2,1-3H3,(H,27,28)/p+1/b9-8-,26-17?/t19-,21+/m1/s1. The van der Waals surface area contributed by atoms with E-state index in [2.05, 4.69) is 30.7 Å². The fraction of sp³-hybridized carbons (Fsp3) is 0.417. The summed E-state index contributed by atoms with van der Waals surface area (Å²) in [7, 11) is 0. The van der Waals surface area contributed by atoms with Gasteiger partial charge in [0.25, 0.3) is 11.8 Å². The summed E-state index contributed by atoms with van der Waals surface area (Å²) in [6, 6.07) is 5.86. The molecule has 9 heteroatoms. The third kappa shape index (κ3) is 5.19. The molecule has 174 valence electrons. The zero-order valence-electron chi connectivity index (χ0n) is 19.0. The second-order valence-electron chi connectivity index (χ2n) is 9.60. The topological polar surface area (TPSA) is 104 Å². The van der Waals surface area contributed by atoms with E-state index >= 15 is 0 Å². The minimum absolute atomic E-state index is 0.00554. The number of benzene rings is 1. The van der Waals surface area contributed by atoms with Gasteiger partial charge in [-0.1, -0.05) is 20.8 Å². The van der Waals surface area contributed by atoms with Crippen molar-refractivity contribution in [2.75, 3.05) is 19.6 Å². The largest absolute Gasteiger partial charge is 0.343 e. The highest BCUT2D eigenvalue weighted by atomic mass is 19.1. The summed E-state index contributed by atoms with van der Waals surface area (Å²) in [6.45, 7) is 7.42. The lowest BCUT2D eigenvalue weighted by molar-refractivity contribution is -0.132. The first-order valence-electron chi connectivity index (χ1n) is 11.0. The molecule has 0 saturated carbocycles. The van der Waals surface area contributed by atoms with Crippen LogP contribution in [-0.4, -0.2) is 69.3 Å². The van der Waals surface area contributed by atoms with Crippen LogP contribution in [0.3, 0.4) is 0 Å². The summed E-state index contributed by atoms with van der Waals surface area (Å²) in [4.78, 5) is 36.3. The van der Waals surface area contributed by atoms with Crippen molar-refractivity contribution in [1.29, 1.82) is 0 Å². The molecule has 3 heterocycles. The number of carbonyl (C=O) groups is 2. The molecule has 2 atom stereocenters. The third-order valence-corrected chi connectivity index (χ3v) is 5.72. The molecule has 2 amide bonds. The van der Waals surface area contributed by atoms with Crippen molar-refractivity contribution < 1.29 is 24.1 Å². The minimum Gasteiger partial charge on any atom is -0.343 e. The van der Waals surface area contributed by atoms with Gasteiger partial charge in [-0.3, -0.25) is 15.0 Å². The maximum Gasteiger partial charge on any atom is 0.272 e. The molecule has 4 rings (SSSR count). The highest BCUT2D eigenvalue weighted by Gasteiger charge is 2.45. The summed E-state index contributed by atoms with van der Waals surface area (Å²) < 4.78 is 19.1. The number of fused-ring (bicyclic) bond motifs is 1. The van der Waals surface area contributed by atoms with Crippen LogP contribution in [0.15, 0.2) is 36.5 Å². The van der Waals surface area contributed by atoms with Crippen molar-refractivity contribution in [3.63, 3.8) is 0 Å². The average molecular weight is 455 g/mol. The van der Waals surface area contributed by atoms with Crippen LogP contribution in [-0.2, 0) is 9.53 Å². The first-order chi connectivity index (χ1) is 15.6. The van der Waals surface area contributed by atoms with Crippen molar-refractivity contribution in [2.45, 2.75) is 39.5 Å². The maximum absolute atomic E-state index is 13.1. The molecule has 33 heavy (non-hydrogen) atoms. The van der Waals surface area contributed by atoms with E-state index in [0.717, 1.165) is 0 Å². The highest BCUT2D eigenvalue weighted by molar-refractivity contribution is 6.06. The van der Waals surface area contributed by atoms with Crippen LogP contribution in [0.25, 0.3) is 6.08 Å². The number of aromatic nitrogens is 2. The molecule has 2 fully saturated rings. The van der Waals surface area contributed by atoms with Gasteiger partial charge in [-0.05, 0) is 42.2 Å². The number of piperazine rings is 1. The van der Waals surface area contributed by atoms with Crippen LogP contribution in [0.1, 0.15) is 49.1 Å². The molecule has 2 aliphatic rings. The van der Waals surface area contributed by atoms with Crippen molar-refractivity contribution in [2.24, 2.45) is 5.41 Å². The summed E-state index contributed by atoms with van der Waals surface area (Å²) in [5, 5.41) is 6.03. The van der Waals surface area contributed by atoms with Gasteiger partial charge >= 0.3 is 0 Å². The fourth-order valence-electron chi connectivity index (χ4n) is 4.04. The van der Waals surface area contributed by atoms with E-state index in [1.54, 1.807) is 34.1 Å². The molecule has 0 spiro atoms. The van der Waals surface area contributed by atoms with Crippen LogP contribution >= 0.6 is 0 Å². The quantitative estimate of drug-likeness (QED) is 0.664. The van der Waals surface area contributed by atoms with E-state index in [4.69, 9.17) is 10.1 Å². The Labute approximate surface area is 191 Å². The van der Waals surface area contributed by atoms with Gasteiger partial charge in [0.05, 0.1) is 12.7 Å². The number of nitrogens with one attached hydrogen (secondary N) is 1. The number of aromatic amines is 1. The first-order valence-corrected chi connectivity index (χ1v) is 11.0. The van der Waals surface area contributed by atoms with Gasteiger partial charge in [-0.15, -0.1) is 0 Å². The maximum atomic E-state index is 13.1. The molecule has 2 aromatic rings. The molecule has 2 aliphatic heterocycles. The van der Waals surface area contributed by atoms with Gasteiger partial charge < -0.3 is 19.5 Å². The number of nitrogens with zero attached hydrogens (tertiary/aromatic N) is 3. The molecule has 2 saturated heterocycles. The Kier molecular flexibility index (Phi) is 6.16.